The highest BCUT2D eigenvalue weighted by Crippen LogP contribution is 2.27. The first-order valence-electron chi connectivity index (χ1n) is 6.85. The number of ether oxygens (including phenoxy) is 1. The van der Waals surface area contributed by atoms with Crippen LogP contribution in [-0.2, 0) is 11.8 Å². The summed E-state index contributed by atoms with van der Waals surface area (Å²) < 4.78 is 6.94. The van der Waals surface area contributed by atoms with Crippen LogP contribution >= 0.6 is 11.8 Å². The van der Waals surface area contributed by atoms with E-state index in [1.165, 1.54) is 11.8 Å². The Kier molecular flexibility index (Phi) is 5.27. The number of thioether (sulfide) groups is 1. The van der Waals surface area contributed by atoms with Crippen LogP contribution in [0.5, 0.6) is 0 Å². The van der Waals surface area contributed by atoms with E-state index in [4.69, 9.17) is 4.74 Å². The number of fused-ring (bicyclic) bond motifs is 1. The molecule has 1 N–H and O–H groups in total. The minimum atomic E-state index is -0.475. The molecule has 0 radical (unpaired) electrons. The second-order valence-corrected chi connectivity index (χ2v) is 5.58. The summed E-state index contributed by atoms with van der Waals surface area (Å²) in [6, 6.07) is 7.96. The molecule has 0 aliphatic heterocycles. The maximum Gasteiger partial charge on any atom is 0.413 e. The minimum Gasteiger partial charge on any atom is -0.450 e. The van der Waals surface area contributed by atoms with Crippen molar-refractivity contribution in [1.29, 1.82) is 0 Å². The second kappa shape index (κ2) is 7.17. The van der Waals surface area contributed by atoms with Gasteiger partial charge in [-0.15, -0.1) is 0 Å². The summed E-state index contributed by atoms with van der Waals surface area (Å²) in [5.41, 5.74) is 1.94. The predicted molar refractivity (Wildman–Crippen MR) is 88.3 cm³/mol. The Morgan fingerprint density at radius 1 is 1.38 bits per heavy atom. The molecule has 5 nitrogen and oxygen atoms in total. The highest BCUT2D eigenvalue weighted by atomic mass is 32.2. The van der Waals surface area contributed by atoms with Gasteiger partial charge < -0.3 is 9.30 Å². The van der Waals surface area contributed by atoms with Gasteiger partial charge in [0.2, 0.25) is 0 Å². The van der Waals surface area contributed by atoms with Crippen LogP contribution in [0.1, 0.15) is 13.8 Å². The molecule has 21 heavy (non-hydrogen) atoms. The maximum atomic E-state index is 11.6. The van der Waals surface area contributed by atoms with Crippen molar-refractivity contribution in [3.63, 3.8) is 0 Å². The van der Waals surface area contributed by atoms with Crippen LogP contribution in [0.4, 0.5) is 10.5 Å². The van der Waals surface area contributed by atoms with Gasteiger partial charge in [0.15, 0.2) is 5.17 Å². The second-order valence-electron chi connectivity index (χ2n) is 4.33. The summed E-state index contributed by atoms with van der Waals surface area (Å²) in [5, 5.41) is 4.29. The number of hydrogen-bond donors (Lipinski definition) is 1. The number of rotatable bonds is 3. The molecule has 1 aromatic carbocycles. The monoisotopic (exact) mass is 305 g/mol. The van der Waals surface area contributed by atoms with E-state index < -0.39 is 6.09 Å². The standard InChI is InChI=1S/C15H19N3O2S/c1-4-20-15(19)17-14(21-5-2)16-12-7-6-8-13-11(12)9-10-18(13)3/h6-10H,4-5H2,1-3H3,(H,16,17,19). The third-order valence-electron chi connectivity index (χ3n) is 2.89. The fourth-order valence-corrected chi connectivity index (χ4v) is 2.57. The molecule has 0 saturated carbocycles. The molecule has 1 amide bonds. The molecule has 0 saturated heterocycles. The zero-order chi connectivity index (χ0) is 15.2. The molecular formula is C15H19N3O2S. The van der Waals surface area contributed by atoms with E-state index in [9.17, 15) is 4.79 Å². The number of aromatic nitrogens is 1. The molecule has 1 heterocycles. The summed E-state index contributed by atoms with van der Waals surface area (Å²) >= 11 is 1.47. The molecule has 0 spiro atoms. The largest absolute Gasteiger partial charge is 0.450 e. The number of aryl methyl sites for hydroxylation is 1. The van der Waals surface area contributed by atoms with Gasteiger partial charge in [-0.1, -0.05) is 24.8 Å². The number of nitrogens with zero attached hydrogens (tertiary/aromatic N) is 2. The van der Waals surface area contributed by atoms with Gasteiger partial charge in [0.05, 0.1) is 12.3 Å². The highest BCUT2D eigenvalue weighted by molar-refractivity contribution is 8.13. The van der Waals surface area contributed by atoms with Crippen molar-refractivity contribution in [2.45, 2.75) is 13.8 Å². The predicted octanol–water partition coefficient (Wildman–Crippen LogP) is 3.67. The number of carbonyl (C=O) groups excluding carboxylic acids is 1. The average molecular weight is 305 g/mol. The minimum absolute atomic E-state index is 0.337. The molecule has 1 aromatic heterocycles. The Hall–Kier alpha value is -1.95. The van der Waals surface area contributed by atoms with E-state index in [1.807, 2.05) is 49.0 Å². The lowest BCUT2D eigenvalue weighted by atomic mass is 10.2. The van der Waals surface area contributed by atoms with Crippen LogP contribution in [0.25, 0.3) is 10.9 Å². The lowest BCUT2D eigenvalue weighted by Crippen LogP contribution is -2.29. The number of hydrogen-bond acceptors (Lipinski definition) is 4. The number of aliphatic imine (C=N–C) groups is 1. The molecular weight excluding hydrogens is 286 g/mol. The molecule has 0 bridgehead atoms. The van der Waals surface area contributed by atoms with Crippen LogP contribution in [0.15, 0.2) is 35.5 Å². The summed E-state index contributed by atoms with van der Waals surface area (Å²) in [7, 11) is 1.99. The van der Waals surface area contributed by atoms with E-state index in [1.54, 1.807) is 6.92 Å². The summed E-state index contributed by atoms with van der Waals surface area (Å²) in [6.45, 7) is 4.12. The third-order valence-corrected chi connectivity index (χ3v) is 3.65. The Balaban J connectivity index is 2.33. The van der Waals surface area contributed by atoms with Crippen molar-refractivity contribution >= 4 is 39.6 Å². The molecule has 112 valence electrons. The third kappa shape index (κ3) is 3.78. The molecule has 0 atom stereocenters. The topological polar surface area (TPSA) is 55.6 Å². The van der Waals surface area contributed by atoms with E-state index in [0.717, 1.165) is 22.3 Å². The number of carbonyl (C=O) groups is 1. The van der Waals surface area contributed by atoms with Gasteiger partial charge in [0, 0.05) is 24.1 Å². The molecule has 6 heteroatoms. The van der Waals surface area contributed by atoms with E-state index in [0.29, 0.717) is 11.8 Å². The first-order valence-corrected chi connectivity index (χ1v) is 7.83. The smallest absolute Gasteiger partial charge is 0.413 e. The number of alkyl carbamates (subject to hydrolysis) is 1. The molecule has 0 aliphatic rings. The lowest BCUT2D eigenvalue weighted by molar-refractivity contribution is 0.158. The van der Waals surface area contributed by atoms with Crippen LogP contribution < -0.4 is 5.32 Å². The Morgan fingerprint density at radius 2 is 2.19 bits per heavy atom. The van der Waals surface area contributed by atoms with Gasteiger partial charge in [-0.25, -0.2) is 9.79 Å². The quantitative estimate of drug-likeness (QED) is 0.695. The van der Waals surface area contributed by atoms with Gasteiger partial charge >= 0.3 is 6.09 Å². The van der Waals surface area contributed by atoms with Gasteiger partial charge in [-0.05, 0) is 30.9 Å². The molecule has 0 fully saturated rings. The molecule has 0 unspecified atom stereocenters. The van der Waals surface area contributed by atoms with Gasteiger partial charge in [0.1, 0.15) is 0 Å². The van der Waals surface area contributed by atoms with Crippen molar-refractivity contribution < 1.29 is 9.53 Å². The SMILES string of the molecule is CCOC(=O)N/C(=N\c1cccc2c1ccn2C)SCC. The Labute approximate surface area is 128 Å². The summed E-state index contributed by atoms with van der Waals surface area (Å²) in [6.07, 6.45) is 1.52. The average Bonchev–Trinajstić information content (AvgIpc) is 2.82. The maximum absolute atomic E-state index is 11.6. The number of benzene rings is 1. The van der Waals surface area contributed by atoms with Crippen LogP contribution in [0, 0.1) is 0 Å². The van der Waals surface area contributed by atoms with E-state index in [-0.39, 0.29) is 0 Å². The molecule has 0 aliphatic carbocycles. The first-order chi connectivity index (χ1) is 10.2. The zero-order valence-corrected chi connectivity index (χ0v) is 13.2. The van der Waals surface area contributed by atoms with Crippen molar-refractivity contribution in [1.82, 2.24) is 9.88 Å². The number of nitrogens with one attached hydrogen (secondary N) is 1. The van der Waals surface area contributed by atoms with E-state index >= 15 is 0 Å². The van der Waals surface area contributed by atoms with Gasteiger partial charge in [0.25, 0.3) is 0 Å². The van der Waals surface area contributed by atoms with Crippen molar-refractivity contribution in [2.24, 2.45) is 12.0 Å². The normalized spacial score (nSPS) is 11.7. The van der Waals surface area contributed by atoms with Crippen LogP contribution in [0.3, 0.4) is 0 Å². The van der Waals surface area contributed by atoms with Gasteiger partial charge in [-0.2, -0.15) is 0 Å². The fourth-order valence-electron chi connectivity index (χ4n) is 1.98. The highest BCUT2D eigenvalue weighted by Gasteiger charge is 2.09. The van der Waals surface area contributed by atoms with Crippen LogP contribution in [0.2, 0.25) is 0 Å². The van der Waals surface area contributed by atoms with E-state index in [2.05, 4.69) is 10.3 Å². The zero-order valence-electron chi connectivity index (χ0n) is 12.4. The Morgan fingerprint density at radius 3 is 2.90 bits per heavy atom. The molecule has 2 aromatic rings. The first kappa shape index (κ1) is 15.4. The number of amidine groups is 1. The Bertz CT molecular complexity index is 664. The van der Waals surface area contributed by atoms with Crippen molar-refractivity contribution in [3.05, 3.63) is 30.5 Å². The molecule has 2 rings (SSSR count). The van der Waals surface area contributed by atoms with Crippen LogP contribution in [-0.4, -0.2) is 28.2 Å². The summed E-state index contributed by atoms with van der Waals surface area (Å²) in [5.74, 6) is 0.815. The van der Waals surface area contributed by atoms with Crippen molar-refractivity contribution in [3.8, 4) is 0 Å². The lowest BCUT2D eigenvalue weighted by Gasteiger charge is -2.08. The van der Waals surface area contributed by atoms with Crippen molar-refractivity contribution in [2.75, 3.05) is 12.4 Å². The summed E-state index contributed by atoms with van der Waals surface area (Å²) in [4.78, 5) is 16.1. The van der Waals surface area contributed by atoms with Gasteiger partial charge in [-0.3, -0.25) is 5.32 Å². The fraction of sp³-hybridized carbons (Fsp3) is 0.333. The number of amides is 1.